The van der Waals surface area contributed by atoms with Gasteiger partial charge in [-0.15, -0.1) is 0 Å². The van der Waals surface area contributed by atoms with Crippen molar-refractivity contribution in [2.45, 2.75) is 39.9 Å². The van der Waals surface area contributed by atoms with Crippen LogP contribution in [0.25, 0.3) is 22.4 Å². The molecule has 1 spiro atoms. The standard InChI is InChI=1S/C32H28N4O/c1-19-14-22(4)29-25(15-19)32(31(37)35(29)18-23-10-6-5-7-11-23)34-26-13-9-8-12-24(26)30-33-27-16-20(2)21(3)17-28(27)36(30)32/h5-17,34H,18H2,1-4H3. The Balaban J connectivity index is 1.58. The molecule has 7 rings (SSSR count). The molecule has 3 heterocycles. The molecule has 1 unspecified atom stereocenters. The van der Waals surface area contributed by atoms with Gasteiger partial charge in [-0.2, -0.15) is 0 Å². The number of aryl methyl sites for hydroxylation is 4. The molecule has 0 fully saturated rings. The van der Waals surface area contributed by atoms with E-state index in [9.17, 15) is 4.79 Å². The first-order chi connectivity index (χ1) is 17.9. The van der Waals surface area contributed by atoms with Gasteiger partial charge in [0.05, 0.1) is 23.3 Å². The number of benzene rings is 4. The fourth-order valence-electron chi connectivity index (χ4n) is 6.15. The van der Waals surface area contributed by atoms with E-state index < -0.39 is 5.66 Å². The van der Waals surface area contributed by atoms with Crippen LogP contribution in [0.15, 0.2) is 78.9 Å². The molecule has 2 aliphatic heterocycles. The number of hydrogen-bond acceptors (Lipinski definition) is 3. The summed E-state index contributed by atoms with van der Waals surface area (Å²) in [6.07, 6.45) is 0. The monoisotopic (exact) mass is 484 g/mol. The number of nitrogens with one attached hydrogen (secondary N) is 1. The maximum Gasteiger partial charge on any atom is 0.279 e. The highest BCUT2D eigenvalue weighted by Crippen LogP contribution is 2.52. The number of imidazole rings is 1. The minimum Gasteiger partial charge on any atom is -0.350 e. The summed E-state index contributed by atoms with van der Waals surface area (Å²) in [5, 5.41) is 3.75. The number of aromatic nitrogens is 2. The summed E-state index contributed by atoms with van der Waals surface area (Å²) in [4.78, 5) is 22.0. The van der Waals surface area contributed by atoms with E-state index in [1.54, 1.807) is 0 Å². The van der Waals surface area contributed by atoms with E-state index in [2.05, 4.69) is 80.0 Å². The first-order valence-electron chi connectivity index (χ1n) is 12.7. The van der Waals surface area contributed by atoms with Gasteiger partial charge in [0.2, 0.25) is 5.66 Å². The molecule has 0 bridgehead atoms. The summed E-state index contributed by atoms with van der Waals surface area (Å²) in [5.41, 5.74) is 10.3. The zero-order valence-corrected chi connectivity index (χ0v) is 21.5. The summed E-state index contributed by atoms with van der Waals surface area (Å²) in [6.45, 7) is 8.93. The molecule has 182 valence electrons. The van der Waals surface area contributed by atoms with Gasteiger partial charge in [-0.1, -0.05) is 54.1 Å². The highest BCUT2D eigenvalue weighted by atomic mass is 16.2. The number of hydrogen-bond donors (Lipinski definition) is 1. The predicted octanol–water partition coefficient (Wildman–Crippen LogP) is 6.61. The summed E-state index contributed by atoms with van der Waals surface area (Å²) in [7, 11) is 0. The topological polar surface area (TPSA) is 50.2 Å². The lowest BCUT2D eigenvalue weighted by atomic mass is 9.92. The number of carbonyl (C=O) groups excluding carboxylic acids is 1. The quantitative estimate of drug-likeness (QED) is 0.307. The highest BCUT2D eigenvalue weighted by molar-refractivity contribution is 6.12. The number of amides is 1. The number of nitrogens with zero attached hydrogens (tertiary/aromatic N) is 3. The van der Waals surface area contributed by atoms with Crippen LogP contribution >= 0.6 is 0 Å². The number of fused-ring (bicyclic) bond motifs is 8. The molecule has 1 N–H and O–H groups in total. The normalized spacial score (nSPS) is 17.6. The van der Waals surface area contributed by atoms with E-state index in [-0.39, 0.29) is 5.91 Å². The van der Waals surface area contributed by atoms with Gasteiger partial charge in [-0.25, -0.2) is 4.98 Å². The van der Waals surface area contributed by atoms with Gasteiger partial charge in [-0.05, 0) is 80.3 Å². The Kier molecular flexibility index (Phi) is 4.47. The maximum absolute atomic E-state index is 14.9. The Morgan fingerprint density at radius 3 is 2.38 bits per heavy atom. The molecule has 5 aromatic rings. The van der Waals surface area contributed by atoms with Crippen molar-refractivity contribution in [3.63, 3.8) is 0 Å². The molecule has 0 radical (unpaired) electrons. The summed E-state index contributed by atoms with van der Waals surface area (Å²) in [6, 6.07) is 27.0. The Morgan fingerprint density at radius 1 is 0.838 bits per heavy atom. The van der Waals surface area contributed by atoms with E-state index in [0.717, 1.165) is 56.0 Å². The van der Waals surface area contributed by atoms with Gasteiger partial charge in [-0.3, -0.25) is 9.36 Å². The summed E-state index contributed by atoms with van der Waals surface area (Å²) >= 11 is 0. The minimum absolute atomic E-state index is 0.00772. The Labute approximate surface area is 216 Å². The number of carbonyl (C=O) groups is 1. The van der Waals surface area contributed by atoms with Crippen molar-refractivity contribution in [2.24, 2.45) is 0 Å². The SMILES string of the molecule is Cc1cc(C)c2c(c1)C1(Nc3ccccc3-c3nc4cc(C)c(C)cc4n31)C(=O)N2Cc1ccccc1. The first kappa shape index (κ1) is 21.9. The Bertz CT molecular complexity index is 1750. The van der Waals surface area contributed by atoms with Crippen LogP contribution in [0.1, 0.15) is 33.4 Å². The average Bonchev–Trinajstić information content (AvgIpc) is 3.35. The fourth-order valence-corrected chi connectivity index (χ4v) is 6.15. The van der Waals surface area contributed by atoms with Crippen molar-refractivity contribution in [3.05, 3.63) is 112 Å². The third-order valence-corrected chi connectivity index (χ3v) is 7.93. The number of rotatable bonds is 2. The summed E-state index contributed by atoms with van der Waals surface area (Å²) in [5.74, 6) is 0.822. The van der Waals surface area contributed by atoms with Crippen molar-refractivity contribution in [1.29, 1.82) is 0 Å². The van der Waals surface area contributed by atoms with Crippen LogP contribution < -0.4 is 10.2 Å². The Hall–Kier alpha value is -4.38. The van der Waals surface area contributed by atoms with Gasteiger partial charge in [0.15, 0.2) is 0 Å². The molecule has 2 aliphatic rings. The minimum atomic E-state index is -1.14. The molecular weight excluding hydrogens is 456 g/mol. The van der Waals surface area contributed by atoms with E-state index in [4.69, 9.17) is 4.98 Å². The van der Waals surface area contributed by atoms with Crippen molar-refractivity contribution in [2.75, 3.05) is 10.2 Å². The second kappa shape index (κ2) is 7.56. The second-order valence-electron chi connectivity index (χ2n) is 10.4. The van der Waals surface area contributed by atoms with Crippen molar-refractivity contribution < 1.29 is 4.79 Å². The molecule has 0 saturated heterocycles. The van der Waals surface area contributed by atoms with Crippen LogP contribution in [-0.4, -0.2) is 15.5 Å². The molecule has 1 amide bonds. The van der Waals surface area contributed by atoms with Crippen LogP contribution in [-0.2, 0) is 17.0 Å². The van der Waals surface area contributed by atoms with Crippen LogP contribution in [0.4, 0.5) is 11.4 Å². The highest BCUT2D eigenvalue weighted by Gasteiger charge is 2.56. The van der Waals surface area contributed by atoms with Gasteiger partial charge < -0.3 is 10.2 Å². The van der Waals surface area contributed by atoms with Crippen LogP contribution in [0.3, 0.4) is 0 Å². The molecular formula is C32H28N4O. The van der Waals surface area contributed by atoms with E-state index in [0.29, 0.717) is 6.54 Å². The van der Waals surface area contributed by atoms with E-state index >= 15 is 0 Å². The average molecular weight is 485 g/mol. The zero-order chi connectivity index (χ0) is 25.5. The van der Waals surface area contributed by atoms with Gasteiger partial charge in [0.1, 0.15) is 5.82 Å². The van der Waals surface area contributed by atoms with Crippen LogP contribution in [0, 0.1) is 27.7 Å². The van der Waals surface area contributed by atoms with Crippen molar-refractivity contribution >= 4 is 28.3 Å². The zero-order valence-electron chi connectivity index (χ0n) is 21.5. The molecule has 5 nitrogen and oxygen atoms in total. The third kappa shape index (κ3) is 2.91. The molecule has 37 heavy (non-hydrogen) atoms. The molecule has 1 aromatic heterocycles. The van der Waals surface area contributed by atoms with Crippen molar-refractivity contribution in [3.8, 4) is 11.4 Å². The lowest BCUT2D eigenvalue weighted by Gasteiger charge is -2.38. The predicted molar refractivity (Wildman–Crippen MR) is 149 cm³/mol. The smallest absolute Gasteiger partial charge is 0.279 e. The lowest BCUT2D eigenvalue weighted by Crippen LogP contribution is -2.53. The largest absolute Gasteiger partial charge is 0.350 e. The molecule has 5 heteroatoms. The lowest BCUT2D eigenvalue weighted by molar-refractivity contribution is -0.123. The van der Waals surface area contributed by atoms with Gasteiger partial charge in [0, 0.05) is 16.8 Å². The first-order valence-corrected chi connectivity index (χ1v) is 12.7. The fraction of sp³-hybridized carbons (Fsp3) is 0.188. The molecule has 0 saturated carbocycles. The van der Waals surface area contributed by atoms with Gasteiger partial charge >= 0.3 is 0 Å². The van der Waals surface area contributed by atoms with Gasteiger partial charge in [0.25, 0.3) is 5.91 Å². The number of para-hydroxylation sites is 1. The third-order valence-electron chi connectivity index (χ3n) is 7.93. The van der Waals surface area contributed by atoms with E-state index in [1.807, 2.05) is 41.3 Å². The van der Waals surface area contributed by atoms with E-state index in [1.165, 1.54) is 11.1 Å². The maximum atomic E-state index is 14.9. The van der Waals surface area contributed by atoms with Crippen LogP contribution in [0.2, 0.25) is 0 Å². The van der Waals surface area contributed by atoms with Crippen molar-refractivity contribution in [1.82, 2.24) is 9.55 Å². The Morgan fingerprint density at radius 2 is 1.57 bits per heavy atom. The van der Waals surface area contributed by atoms with Crippen LogP contribution in [0.5, 0.6) is 0 Å². The summed E-state index contributed by atoms with van der Waals surface area (Å²) < 4.78 is 2.15. The molecule has 4 aromatic carbocycles. The second-order valence-corrected chi connectivity index (χ2v) is 10.4. The molecule has 0 aliphatic carbocycles. The molecule has 1 atom stereocenters. The number of anilines is 2.